The Bertz CT molecular complexity index is 1030. The molecule has 6 nitrogen and oxygen atoms in total. The molecule has 1 N–H and O–H groups in total. The van der Waals surface area contributed by atoms with Gasteiger partial charge in [0.05, 0.1) is 5.92 Å². The lowest BCUT2D eigenvalue weighted by Gasteiger charge is -2.13. The summed E-state index contributed by atoms with van der Waals surface area (Å²) >= 11 is 0. The summed E-state index contributed by atoms with van der Waals surface area (Å²) in [5.41, 5.74) is -0.233. The number of aliphatic carboxylic acids is 1. The smallest absolute Gasteiger partial charge is 0.364 e. The number of carbonyl (C=O) groups excluding carboxylic acids is 1. The van der Waals surface area contributed by atoms with E-state index in [0.29, 0.717) is 17.1 Å². The van der Waals surface area contributed by atoms with Gasteiger partial charge in [-0.15, -0.1) is 0 Å². The maximum atomic E-state index is 13.5. The van der Waals surface area contributed by atoms with Crippen LogP contribution in [0.4, 0.5) is 4.39 Å². The number of carboxylic acid groups (broad SMARTS) is 1. The molecule has 3 atom stereocenters. The molecule has 1 saturated carbocycles. The van der Waals surface area contributed by atoms with Gasteiger partial charge in [0.15, 0.2) is 0 Å². The fourth-order valence-electron chi connectivity index (χ4n) is 3.39. The summed E-state index contributed by atoms with van der Waals surface area (Å²) in [6.45, 7) is 3.43. The summed E-state index contributed by atoms with van der Waals surface area (Å²) < 4.78 is 24.6. The number of carbonyl (C=O) groups is 2. The van der Waals surface area contributed by atoms with Crippen LogP contribution >= 0.6 is 0 Å². The highest BCUT2D eigenvalue weighted by Crippen LogP contribution is 2.60. The van der Waals surface area contributed by atoms with Crippen molar-refractivity contribution in [1.29, 1.82) is 5.26 Å². The number of para-hydroxylation sites is 1. The summed E-state index contributed by atoms with van der Waals surface area (Å²) in [6, 6.07) is 17.7. The Morgan fingerprint density at radius 1 is 1.17 bits per heavy atom. The third kappa shape index (κ3) is 4.49. The molecule has 1 aliphatic carbocycles. The first-order valence-electron chi connectivity index (χ1n) is 9.27. The normalized spacial score (nSPS) is 20.5. The van der Waals surface area contributed by atoms with Crippen LogP contribution in [0.5, 0.6) is 11.5 Å². The van der Waals surface area contributed by atoms with Gasteiger partial charge in [-0.1, -0.05) is 44.2 Å². The third-order valence-electron chi connectivity index (χ3n) is 5.19. The molecule has 0 aromatic heterocycles. The lowest BCUT2D eigenvalue weighted by atomic mass is 10.1. The number of nitriles is 1. The number of esters is 1. The molecule has 0 spiro atoms. The van der Waals surface area contributed by atoms with Crippen molar-refractivity contribution >= 4 is 11.9 Å². The molecular weight excluding hydrogens is 389 g/mol. The quantitative estimate of drug-likeness (QED) is 0.521. The van der Waals surface area contributed by atoms with Crippen LogP contribution in [0.1, 0.15) is 25.5 Å². The van der Waals surface area contributed by atoms with Gasteiger partial charge in [0.2, 0.25) is 11.9 Å². The Balaban J connectivity index is 1.72. The minimum absolute atomic E-state index is 0.432. The van der Waals surface area contributed by atoms with E-state index in [1.807, 2.05) is 24.3 Å². The molecule has 7 heteroatoms. The molecular formula is C23H20FNO5. The van der Waals surface area contributed by atoms with Crippen LogP contribution in [0.3, 0.4) is 0 Å². The number of ether oxygens (including phenoxy) is 2. The van der Waals surface area contributed by atoms with E-state index < -0.39 is 41.1 Å². The van der Waals surface area contributed by atoms with Crippen molar-refractivity contribution < 1.29 is 28.6 Å². The predicted octanol–water partition coefficient (Wildman–Crippen LogP) is 4.80. The largest absolute Gasteiger partial charge is 0.476 e. The second kappa shape index (κ2) is 8.37. The average Bonchev–Trinajstić information content (AvgIpc) is 3.26. The Labute approximate surface area is 173 Å². The fourth-order valence-corrected chi connectivity index (χ4v) is 3.39. The van der Waals surface area contributed by atoms with Gasteiger partial charge in [0.1, 0.15) is 17.6 Å². The van der Waals surface area contributed by atoms with Gasteiger partial charge in [0, 0.05) is 5.56 Å². The molecule has 0 heterocycles. The van der Waals surface area contributed by atoms with Crippen molar-refractivity contribution in [3.05, 3.63) is 72.1 Å². The summed E-state index contributed by atoms with van der Waals surface area (Å²) in [6.07, 6.45) is -0.258. The van der Waals surface area contributed by atoms with Crippen LogP contribution in [0.15, 0.2) is 66.5 Å². The van der Waals surface area contributed by atoms with Gasteiger partial charge in [-0.2, -0.15) is 9.65 Å². The summed E-state index contributed by atoms with van der Waals surface area (Å²) in [5, 5.41) is 18.2. The summed E-state index contributed by atoms with van der Waals surface area (Å²) in [4.78, 5) is 23.3. The zero-order valence-electron chi connectivity index (χ0n) is 16.4. The number of nitrogens with zero attached hydrogens (tertiary/aromatic N) is 1. The minimum Gasteiger partial charge on any atom is -0.476 e. The molecule has 3 rings (SSSR count). The second-order valence-electron chi connectivity index (χ2n) is 7.58. The van der Waals surface area contributed by atoms with Gasteiger partial charge >= 0.3 is 11.9 Å². The molecule has 0 aliphatic heterocycles. The van der Waals surface area contributed by atoms with Crippen LogP contribution in [0, 0.1) is 28.6 Å². The molecule has 154 valence electrons. The second-order valence-corrected chi connectivity index (χ2v) is 7.58. The van der Waals surface area contributed by atoms with Crippen molar-refractivity contribution in [1.82, 2.24) is 0 Å². The van der Waals surface area contributed by atoms with E-state index in [1.165, 1.54) is 0 Å². The van der Waals surface area contributed by atoms with Gasteiger partial charge in [-0.05, 0) is 41.7 Å². The number of rotatable bonds is 7. The van der Waals surface area contributed by atoms with E-state index in [0.717, 1.165) is 6.08 Å². The van der Waals surface area contributed by atoms with Crippen LogP contribution in [0.25, 0.3) is 0 Å². The van der Waals surface area contributed by atoms with E-state index >= 15 is 0 Å². The van der Waals surface area contributed by atoms with Crippen molar-refractivity contribution in [3.63, 3.8) is 0 Å². The average molecular weight is 409 g/mol. The SMILES string of the molecule is CC1(C)[C@H](C(=O)O[C@H](C#N)c2cccc(Oc3ccccc3)c2)[C@@H]1C=C(F)C(=O)O. The van der Waals surface area contributed by atoms with E-state index in [1.54, 1.807) is 50.2 Å². The molecule has 0 bridgehead atoms. The molecule has 2 aromatic carbocycles. The zero-order valence-corrected chi connectivity index (χ0v) is 16.4. The third-order valence-corrected chi connectivity index (χ3v) is 5.19. The van der Waals surface area contributed by atoms with Gasteiger partial charge < -0.3 is 14.6 Å². The van der Waals surface area contributed by atoms with Crippen molar-refractivity contribution in [2.75, 3.05) is 0 Å². The maximum Gasteiger partial charge on any atom is 0.364 e. The first-order valence-corrected chi connectivity index (χ1v) is 9.27. The fraction of sp³-hybridized carbons (Fsp3) is 0.261. The highest BCUT2D eigenvalue weighted by atomic mass is 19.1. The molecule has 0 saturated heterocycles. The Kier molecular flexibility index (Phi) is 5.88. The topological polar surface area (TPSA) is 96.6 Å². The van der Waals surface area contributed by atoms with E-state index in [2.05, 4.69) is 0 Å². The Hall–Kier alpha value is -3.66. The molecule has 1 aliphatic rings. The molecule has 0 amide bonds. The summed E-state index contributed by atoms with van der Waals surface area (Å²) in [5.74, 6) is -3.93. The van der Waals surface area contributed by atoms with Gasteiger partial charge in [0.25, 0.3) is 0 Å². The van der Waals surface area contributed by atoms with Crippen LogP contribution in [-0.2, 0) is 14.3 Å². The number of halogens is 1. The number of carboxylic acids is 1. The first-order chi connectivity index (χ1) is 14.2. The van der Waals surface area contributed by atoms with Crippen LogP contribution in [-0.4, -0.2) is 17.0 Å². The van der Waals surface area contributed by atoms with E-state index in [-0.39, 0.29) is 0 Å². The molecule has 1 fully saturated rings. The van der Waals surface area contributed by atoms with Crippen molar-refractivity contribution in [3.8, 4) is 17.6 Å². The van der Waals surface area contributed by atoms with E-state index in [9.17, 15) is 19.2 Å². The van der Waals surface area contributed by atoms with Crippen LogP contribution in [0.2, 0.25) is 0 Å². The maximum absolute atomic E-state index is 13.5. The lowest BCUT2D eigenvalue weighted by molar-refractivity contribution is -0.149. The standard InChI is InChI=1S/C23H20FNO5/c1-23(2)17(12-18(24)21(26)27)20(23)22(28)30-19(13-25)14-7-6-10-16(11-14)29-15-8-4-3-5-9-15/h3-12,17,19-20H,1-2H3,(H,26,27)/t17-,19+,20-/m0/s1. The van der Waals surface area contributed by atoms with E-state index in [4.69, 9.17) is 14.6 Å². The van der Waals surface area contributed by atoms with Gasteiger partial charge in [-0.25, -0.2) is 4.79 Å². The first kappa shape index (κ1) is 21.1. The monoisotopic (exact) mass is 409 g/mol. The highest BCUT2D eigenvalue weighted by Gasteiger charge is 2.62. The zero-order chi connectivity index (χ0) is 21.9. The van der Waals surface area contributed by atoms with Crippen LogP contribution < -0.4 is 4.74 Å². The molecule has 2 aromatic rings. The van der Waals surface area contributed by atoms with Crippen molar-refractivity contribution in [2.24, 2.45) is 17.3 Å². The molecule has 0 unspecified atom stereocenters. The highest BCUT2D eigenvalue weighted by molar-refractivity contribution is 5.85. The number of benzene rings is 2. The number of allylic oxidation sites excluding steroid dienone is 1. The van der Waals surface area contributed by atoms with Crippen molar-refractivity contribution in [2.45, 2.75) is 20.0 Å². The summed E-state index contributed by atoms with van der Waals surface area (Å²) in [7, 11) is 0. The van der Waals surface area contributed by atoms with Gasteiger partial charge in [-0.3, -0.25) is 4.79 Å². The Morgan fingerprint density at radius 3 is 2.47 bits per heavy atom. The lowest BCUT2D eigenvalue weighted by Crippen LogP contribution is -2.14. The molecule has 30 heavy (non-hydrogen) atoms. The molecule has 0 radical (unpaired) electrons. The predicted molar refractivity (Wildman–Crippen MR) is 105 cm³/mol. The minimum atomic E-state index is -1.69. The number of hydrogen-bond acceptors (Lipinski definition) is 5. The number of hydrogen-bond donors (Lipinski definition) is 1. The Morgan fingerprint density at radius 2 is 1.83 bits per heavy atom.